The van der Waals surface area contributed by atoms with E-state index in [4.69, 9.17) is 16.3 Å². The SMILES string of the molecule is Cl/C(Br)=[C]\Oc1ccccc1. The molecule has 1 rings (SSSR count). The molecule has 0 unspecified atom stereocenters. The summed E-state index contributed by atoms with van der Waals surface area (Å²) in [6, 6.07) is 9.30. The maximum absolute atomic E-state index is 5.42. The first-order valence-electron chi connectivity index (χ1n) is 2.95. The molecule has 1 nitrogen and oxygen atoms in total. The fraction of sp³-hybridized carbons (Fsp3) is 0. The van der Waals surface area contributed by atoms with Crippen molar-refractivity contribution in [2.24, 2.45) is 0 Å². The van der Waals surface area contributed by atoms with Crippen molar-refractivity contribution in [2.45, 2.75) is 0 Å². The molecule has 0 saturated carbocycles. The van der Waals surface area contributed by atoms with Crippen molar-refractivity contribution in [1.82, 2.24) is 0 Å². The average Bonchev–Trinajstić information content (AvgIpc) is 2.03. The zero-order chi connectivity index (χ0) is 8.10. The van der Waals surface area contributed by atoms with Gasteiger partial charge in [0.25, 0.3) is 0 Å². The number of ether oxygens (including phenoxy) is 1. The lowest BCUT2D eigenvalue weighted by Gasteiger charge is -1.95. The first-order chi connectivity index (χ1) is 5.29. The van der Waals surface area contributed by atoms with Crippen LogP contribution in [0.4, 0.5) is 0 Å². The third-order valence-electron chi connectivity index (χ3n) is 0.989. The van der Waals surface area contributed by atoms with Gasteiger partial charge in [0.1, 0.15) is 9.69 Å². The fourth-order valence-corrected chi connectivity index (χ4v) is 0.706. The third kappa shape index (κ3) is 3.44. The molecule has 0 aliphatic rings. The minimum absolute atomic E-state index is 0.321. The Labute approximate surface area is 78.8 Å². The molecule has 1 aromatic carbocycles. The van der Waals surface area contributed by atoms with E-state index in [-0.39, 0.29) is 0 Å². The quantitative estimate of drug-likeness (QED) is 0.711. The highest BCUT2D eigenvalue weighted by atomic mass is 79.9. The second-order valence-electron chi connectivity index (χ2n) is 1.78. The zero-order valence-corrected chi connectivity index (χ0v) is 7.89. The molecular formula is C8H5BrClO. The molecule has 1 aromatic rings. The Morgan fingerprint density at radius 1 is 1.36 bits per heavy atom. The molecule has 1 radical (unpaired) electrons. The first kappa shape index (κ1) is 8.62. The minimum Gasteiger partial charge on any atom is -0.451 e. The van der Waals surface area contributed by atoms with Crippen molar-refractivity contribution < 1.29 is 4.74 Å². The molecule has 0 saturated heterocycles. The van der Waals surface area contributed by atoms with Gasteiger partial charge in [-0.1, -0.05) is 29.8 Å². The predicted octanol–water partition coefficient (Wildman–Crippen LogP) is 3.30. The number of hydrogen-bond donors (Lipinski definition) is 0. The van der Waals surface area contributed by atoms with Crippen LogP contribution in [0.1, 0.15) is 0 Å². The Kier molecular flexibility index (Phi) is 3.46. The van der Waals surface area contributed by atoms with E-state index in [9.17, 15) is 0 Å². The van der Waals surface area contributed by atoms with Crippen LogP contribution < -0.4 is 4.74 Å². The van der Waals surface area contributed by atoms with Crippen LogP contribution in [0.5, 0.6) is 5.75 Å². The lowest BCUT2D eigenvalue weighted by atomic mass is 10.3. The molecule has 0 aromatic heterocycles. The topological polar surface area (TPSA) is 9.23 Å². The summed E-state index contributed by atoms with van der Waals surface area (Å²) >= 11 is 8.40. The number of hydrogen-bond acceptors (Lipinski definition) is 1. The van der Waals surface area contributed by atoms with Gasteiger partial charge < -0.3 is 4.74 Å². The van der Waals surface area contributed by atoms with Crippen LogP contribution in [0.15, 0.2) is 34.3 Å². The maximum Gasteiger partial charge on any atom is 0.197 e. The highest BCUT2D eigenvalue weighted by Gasteiger charge is 1.88. The second kappa shape index (κ2) is 4.42. The highest BCUT2D eigenvalue weighted by molar-refractivity contribution is 9.12. The van der Waals surface area contributed by atoms with E-state index < -0.39 is 0 Å². The summed E-state index contributed by atoms with van der Waals surface area (Å²) in [5.41, 5.74) is 0. The van der Waals surface area contributed by atoms with Gasteiger partial charge >= 0.3 is 0 Å². The maximum atomic E-state index is 5.42. The van der Waals surface area contributed by atoms with E-state index in [0.717, 1.165) is 0 Å². The Morgan fingerprint density at radius 3 is 2.55 bits per heavy atom. The smallest absolute Gasteiger partial charge is 0.197 e. The highest BCUT2D eigenvalue weighted by Crippen LogP contribution is 2.13. The number of rotatable bonds is 2. The second-order valence-corrected chi connectivity index (χ2v) is 3.41. The molecule has 0 bridgehead atoms. The summed E-state index contributed by atoms with van der Waals surface area (Å²) in [5.74, 6) is 0.713. The predicted molar refractivity (Wildman–Crippen MR) is 48.6 cm³/mol. The van der Waals surface area contributed by atoms with Crippen molar-refractivity contribution in [3.05, 3.63) is 40.5 Å². The van der Waals surface area contributed by atoms with Crippen molar-refractivity contribution in [2.75, 3.05) is 0 Å². The lowest BCUT2D eigenvalue weighted by Crippen LogP contribution is -1.80. The van der Waals surface area contributed by atoms with Crippen molar-refractivity contribution in [3.8, 4) is 5.75 Å². The van der Waals surface area contributed by atoms with Gasteiger partial charge in [-0.05, 0) is 28.1 Å². The average molecular weight is 232 g/mol. The minimum atomic E-state index is 0.321. The van der Waals surface area contributed by atoms with E-state index in [1.807, 2.05) is 30.3 Å². The molecule has 11 heavy (non-hydrogen) atoms. The monoisotopic (exact) mass is 231 g/mol. The van der Waals surface area contributed by atoms with Gasteiger partial charge in [0, 0.05) is 0 Å². The summed E-state index contributed by atoms with van der Waals surface area (Å²) in [7, 11) is 0. The van der Waals surface area contributed by atoms with Gasteiger partial charge in [0.05, 0.1) is 0 Å². The number of benzene rings is 1. The third-order valence-corrected chi connectivity index (χ3v) is 1.23. The van der Waals surface area contributed by atoms with Crippen LogP contribution in [-0.2, 0) is 0 Å². The molecule has 0 aliphatic heterocycles. The van der Waals surface area contributed by atoms with E-state index in [1.165, 1.54) is 0 Å². The fourth-order valence-electron chi connectivity index (χ4n) is 0.586. The standard InChI is InChI=1S/C8H5BrClO/c9-8(10)6-11-7-4-2-1-3-5-7/h1-5H. The molecule has 0 fully saturated rings. The first-order valence-corrected chi connectivity index (χ1v) is 4.12. The van der Waals surface area contributed by atoms with Crippen molar-refractivity contribution in [1.29, 1.82) is 0 Å². The molecule has 0 amide bonds. The summed E-state index contributed by atoms with van der Waals surface area (Å²) in [4.78, 5) is 0. The Balaban J connectivity index is 2.59. The van der Waals surface area contributed by atoms with Crippen LogP contribution in [-0.4, -0.2) is 0 Å². The van der Waals surface area contributed by atoms with Crippen molar-refractivity contribution >= 4 is 27.5 Å². The van der Waals surface area contributed by atoms with E-state index in [2.05, 4.69) is 22.2 Å². The Morgan fingerprint density at radius 2 is 2.00 bits per heavy atom. The normalized spacial score (nSPS) is 11.3. The van der Waals surface area contributed by atoms with Gasteiger partial charge in [0.15, 0.2) is 6.26 Å². The van der Waals surface area contributed by atoms with Gasteiger partial charge in [0.2, 0.25) is 0 Å². The molecular weight excluding hydrogens is 227 g/mol. The number of para-hydroxylation sites is 1. The summed E-state index contributed by atoms with van der Waals surface area (Å²) in [6.07, 6.45) is 2.46. The summed E-state index contributed by atoms with van der Waals surface area (Å²) in [6.45, 7) is 0. The zero-order valence-electron chi connectivity index (χ0n) is 5.55. The molecule has 57 valence electrons. The summed E-state index contributed by atoms with van der Waals surface area (Å²) in [5, 5.41) is 0. The molecule has 0 aliphatic carbocycles. The van der Waals surface area contributed by atoms with Gasteiger partial charge in [-0.2, -0.15) is 0 Å². The number of halogens is 2. The van der Waals surface area contributed by atoms with Crippen LogP contribution in [0.3, 0.4) is 0 Å². The van der Waals surface area contributed by atoms with E-state index in [1.54, 1.807) is 0 Å². The summed E-state index contributed by atoms with van der Waals surface area (Å²) < 4.78 is 5.32. The van der Waals surface area contributed by atoms with Crippen LogP contribution in [0, 0.1) is 6.26 Å². The molecule has 3 heteroatoms. The van der Waals surface area contributed by atoms with Crippen LogP contribution in [0.25, 0.3) is 0 Å². The van der Waals surface area contributed by atoms with E-state index in [0.29, 0.717) is 9.69 Å². The van der Waals surface area contributed by atoms with Gasteiger partial charge in [-0.3, -0.25) is 0 Å². The molecule has 0 heterocycles. The van der Waals surface area contributed by atoms with Gasteiger partial charge in [-0.25, -0.2) is 0 Å². The molecule has 0 spiro atoms. The Bertz CT molecular complexity index is 242. The lowest BCUT2D eigenvalue weighted by molar-refractivity contribution is 0.453. The van der Waals surface area contributed by atoms with Crippen molar-refractivity contribution in [3.63, 3.8) is 0 Å². The van der Waals surface area contributed by atoms with Crippen LogP contribution in [0.2, 0.25) is 0 Å². The Hall–Kier alpha value is -0.470. The molecule has 0 N–H and O–H groups in total. The van der Waals surface area contributed by atoms with E-state index >= 15 is 0 Å². The molecule has 0 atom stereocenters. The van der Waals surface area contributed by atoms with Crippen LogP contribution >= 0.6 is 27.5 Å². The largest absolute Gasteiger partial charge is 0.451 e. The van der Waals surface area contributed by atoms with Gasteiger partial charge in [-0.15, -0.1) is 0 Å².